The highest BCUT2D eigenvalue weighted by molar-refractivity contribution is 5.61. The third kappa shape index (κ3) is 4.63. The summed E-state index contributed by atoms with van der Waals surface area (Å²) in [5, 5.41) is 10.8. The summed E-state index contributed by atoms with van der Waals surface area (Å²) in [6.07, 6.45) is 17.1. The molecule has 0 aromatic heterocycles. The van der Waals surface area contributed by atoms with Crippen molar-refractivity contribution in [2.45, 2.75) is 124 Å². The molecule has 3 aliphatic rings. The average Bonchev–Trinajstić information content (AvgIpc) is 3.12. The molecule has 3 fully saturated rings. The molecule has 0 amide bonds. The van der Waals surface area contributed by atoms with Gasteiger partial charge in [-0.25, -0.2) is 0 Å². The van der Waals surface area contributed by atoms with Crippen molar-refractivity contribution in [1.29, 1.82) is 0 Å². The molecule has 0 aromatic rings. The normalized spacial score (nSPS) is 38.4. The van der Waals surface area contributed by atoms with Crippen molar-refractivity contribution in [3.05, 3.63) is 0 Å². The van der Waals surface area contributed by atoms with E-state index in [1.54, 1.807) is 0 Å². The van der Waals surface area contributed by atoms with Crippen LogP contribution in [0, 0.1) is 39.9 Å². The SMILES string of the molecule is CCCC(O)C(C)(C)C1CCC(C)(C)C(CCC2CCCC3(C=O)CCCC23)C1. The lowest BCUT2D eigenvalue weighted by atomic mass is 9.56. The zero-order valence-corrected chi connectivity index (χ0v) is 20.0. The van der Waals surface area contributed by atoms with Gasteiger partial charge >= 0.3 is 0 Å². The maximum atomic E-state index is 12.0. The van der Waals surface area contributed by atoms with E-state index >= 15 is 0 Å². The Balaban J connectivity index is 1.64. The van der Waals surface area contributed by atoms with Crippen LogP contribution in [-0.2, 0) is 4.79 Å². The summed E-state index contributed by atoms with van der Waals surface area (Å²) >= 11 is 0. The van der Waals surface area contributed by atoms with Crippen LogP contribution in [0.4, 0.5) is 0 Å². The molecule has 0 aromatic carbocycles. The number of rotatable bonds is 8. The molecule has 3 aliphatic carbocycles. The minimum Gasteiger partial charge on any atom is -0.393 e. The maximum absolute atomic E-state index is 12.0. The lowest BCUT2D eigenvalue weighted by Crippen LogP contribution is -2.43. The number of carbonyl (C=O) groups excluding carboxylic acids is 1. The van der Waals surface area contributed by atoms with E-state index in [1.807, 2.05) is 0 Å². The topological polar surface area (TPSA) is 37.3 Å². The molecule has 3 saturated carbocycles. The minimum atomic E-state index is -0.176. The second-order valence-electron chi connectivity index (χ2n) is 12.4. The van der Waals surface area contributed by atoms with E-state index < -0.39 is 0 Å². The van der Waals surface area contributed by atoms with Gasteiger partial charge in [0.05, 0.1) is 6.10 Å². The van der Waals surface area contributed by atoms with Gasteiger partial charge in [-0.1, -0.05) is 60.3 Å². The van der Waals surface area contributed by atoms with Gasteiger partial charge in [-0.15, -0.1) is 0 Å². The smallest absolute Gasteiger partial charge is 0.126 e. The van der Waals surface area contributed by atoms with E-state index in [1.165, 1.54) is 64.1 Å². The summed E-state index contributed by atoms with van der Waals surface area (Å²) in [4.78, 5) is 12.0. The van der Waals surface area contributed by atoms with Crippen molar-refractivity contribution in [3.63, 3.8) is 0 Å². The molecule has 2 nitrogen and oxygen atoms in total. The van der Waals surface area contributed by atoms with Crippen LogP contribution in [-0.4, -0.2) is 17.5 Å². The zero-order chi connectivity index (χ0) is 21.3. The van der Waals surface area contributed by atoms with Crippen molar-refractivity contribution in [1.82, 2.24) is 0 Å². The van der Waals surface area contributed by atoms with E-state index in [4.69, 9.17) is 0 Å². The predicted molar refractivity (Wildman–Crippen MR) is 122 cm³/mol. The molecule has 0 radical (unpaired) electrons. The van der Waals surface area contributed by atoms with Crippen LogP contribution in [0.2, 0.25) is 0 Å². The molecule has 0 aliphatic heterocycles. The summed E-state index contributed by atoms with van der Waals surface area (Å²) in [5.74, 6) is 2.82. The monoisotopic (exact) mass is 404 g/mol. The van der Waals surface area contributed by atoms with Crippen molar-refractivity contribution in [2.24, 2.45) is 39.9 Å². The highest BCUT2D eigenvalue weighted by Gasteiger charge is 2.49. The molecule has 3 rings (SSSR count). The van der Waals surface area contributed by atoms with Crippen LogP contribution in [0.15, 0.2) is 0 Å². The number of aldehydes is 1. The van der Waals surface area contributed by atoms with Crippen molar-refractivity contribution < 1.29 is 9.90 Å². The molecule has 0 saturated heterocycles. The van der Waals surface area contributed by atoms with Crippen molar-refractivity contribution in [3.8, 4) is 0 Å². The van der Waals surface area contributed by atoms with Crippen LogP contribution in [0.5, 0.6) is 0 Å². The van der Waals surface area contributed by atoms with E-state index in [9.17, 15) is 9.90 Å². The first-order valence-electron chi connectivity index (χ1n) is 12.8. The lowest BCUT2D eigenvalue weighted by molar-refractivity contribution is -0.121. The Hall–Kier alpha value is -0.370. The Morgan fingerprint density at radius 3 is 2.41 bits per heavy atom. The van der Waals surface area contributed by atoms with E-state index in [0.29, 0.717) is 17.3 Å². The van der Waals surface area contributed by atoms with Gasteiger partial charge in [0, 0.05) is 5.41 Å². The van der Waals surface area contributed by atoms with Gasteiger partial charge in [-0.2, -0.15) is 0 Å². The van der Waals surface area contributed by atoms with Crippen LogP contribution >= 0.6 is 0 Å². The van der Waals surface area contributed by atoms with Gasteiger partial charge in [-0.05, 0) is 92.3 Å². The standard InChI is InChI=1S/C27H48O2/c1-6-9-24(29)26(4,5)22-14-17-25(2,3)21(18-22)13-12-20-10-7-15-27(19-28)16-8-11-23(20)27/h19-24,29H,6-18H2,1-5H3. The quantitative estimate of drug-likeness (QED) is 0.435. The summed E-state index contributed by atoms with van der Waals surface area (Å²) < 4.78 is 0. The maximum Gasteiger partial charge on any atom is 0.126 e. The Kier molecular flexibility index (Phi) is 7.24. The average molecular weight is 405 g/mol. The van der Waals surface area contributed by atoms with E-state index in [2.05, 4.69) is 34.6 Å². The van der Waals surface area contributed by atoms with Crippen LogP contribution in [0.1, 0.15) is 118 Å². The van der Waals surface area contributed by atoms with Gasteiger partial charge in [0.15, 0.2) is 0 Å². The van der Waals surface area contributed by atoms with E-state index in [-0.39, 0.29) is 16.9 Å². The summed E-state index contributed by atoms with van der Waals surface area (Å²) in [7, 11) is 0. The van der Waals surface area contributed by atoms with Crippen molar-refractivity contribution in [2.75, 3.05) is 0 Å². The molecule has 6 atom stereocenters. The number of hydrogen-bond donors (Lipinski definition) is 1. The first-order valence-corrected chi connectivity index (χ1v) is 12.8. The Bertz CT molecular complexity index is 551. The Morgan fingerprint density at radius 2 is 1.76 bits per heavy atom. The highest BCUT2D eigenvalue weighted by Crippen LogP contribution is 2.56. The number of hydrogen-bond acceptors (Lipinski definition) is 2. The first kappa shape index (κ1) is 23.3. The summed E-state index contributed by atoms with van der Waals surface area (Å²) in [5.41, 5.74) is 0.474. The fourth-order valence-corrected chi connectivity index (χ4v) is 7.63. The van der Waals surface area contributed by atoms with Gasteiger partial charge in [0.25, 0.3) is 0 Å². The Labute approximate surface area is 180 Å². The summed E-state index contributed by atoms with van der Waals surface area (Å²) in [6.45, 7) is 11.8. The molecular formula is C27H48O2. The lowest BCUT2D eigenvalue weighted by Gasteiger charge is -2.49. The van der Waals surface area contributed by atoms with Gasteiger partial charge in [0.1, 0.15) is 6.29 Å². The molecule has 2 heteroatoms. The second-order valence-corrected chi connectivity index (χ2v) is 12.4. The highest BCUT2D eigenvalue weighted by atomic mass is 16.3. The number of carbonyl (C=O) groups is 1. The van der Waals surface area contributed by atoms with Crippen LogP contribution in [0.3, 0.4) is 0 Å². The Morgan fingerprint density at radius 1 is 1.07 bits per heavy atom. The molecule has 6 unspecified atom stereocenters. The van der Waals surface area contributed by atoms with Crippen molar-refractivity contribution >= 4 is 6.29 Å². The molecule has 1 N–H and O–H groups in total. The third-order valence-corrected chi connectivity index (χ3v) is 10.1. The number of aliphatic hydroxyl groups excluding tert-OH is 1. The first-order chi connectivity index (χ1) is 13.7. The molecule has 0 bridgehead atoms. The van der Waals surface area contributed by atoms with Crippen LogP contribution in [0.25, 0.3) is 0 Å². The largest absolute Gasteiger partial charge is 0.393 e. The van der Waals surface area contributed by atoms with E-state index in [0.717, 1.165) is 37.5 Å². The summed E-state index contributed by atoms with van der Waals surface area (Å²) in [6, 6.07) is 0. The zero-order valence-electron chi connectivity index (χ0n) is 20.0. The van der Waals surface area contributed by atoms with Gasteiger partial charge in [0.2, 0.25) is 0 Å². The van der Waals surface area contributed by atoms with Crippen LogP contribution < -0.4 is 0 Å². The minimum absolute atomic E-state index is 0.0216. The third-order valence-electron chi connectivity index (χ3n) is 10.1. The molecule has 0 heterocycles. The fraction of sp³-hybridized carbons (Fsp3) is 0.963. The number of fused-ring (bicyclic) bond motifs is 1. The predicted octanol–water partition coefficient (Wildman–Crippen LogP) is 7.18. The van der Waals surface area contributed by atoms with Gasteiger partial charge in [-0.3, -0.25) is 0 Å². The number of aliphatic hydroxyl groups is 1. The molecule has 0 spiro atoms. The fourth-order valence-electron chi connectivity index (χ4n) is 7.63. The molecular weight excluding hydrogens is 356 g/mol. The second kappa shape index (κ2) is 9.01. The van der Waals surface area contributed by atoms with Gasteiger partial charge < -0.3 is 9.90 Å². The molecule has 29 heavy (non-hydrogen) atoms. The molecule has 168 valence electrons.